The highest BCUT2D eigenvalue weighted by Crippen LogP contribution is 2.27. The van der Waals surface area contributed by atoms with Crippen molar-refractivity contribution in [3.63, 3.8) is 0 Å². The molecule has 27 heavy (non-hydrogen) atoms. The topological polar surface area (TPSA) is 75.7 Å². The monoisotopic (exact) mass is 410 g/mol. The van der Waals surface area contributed by atoms with Crippen molar-refractivity contribution in [1.82, 2.24) is 10.2 Å². The number of sulfone groups is 1. The number of amides is 1. The summed E-state index contributed by atoms with van der Waals surface area (Å²) in [5.41, 5.74) is 0.908. The van der Waals surface area contributed by atoms with Crippen LogP contribution in [0.3, 0.4) is 0 Å². The van der Waals surface area contributed by atoms with Gasteiger partial charge >= 0.3 is 0 Å². The zero-order chi connectivity index (χ0) is 20.0. The molecule has 2 aromatic rings. The van der Waals surface area contributed by atoms with Gasteiger partial charge in [-0.25, -0.2) is 8.42 Å². The maximum atomic E-state index is 12.4. The summed E-state index contributed by atoms with van der Waals surface area (Å²) in [4.78, 5) is 14.2. The van der Waals surface area contributed by atoms with Crippen LogP contribution in [0.15, 0.2) is 53.4 Å². The third-order valence-corrected chi connectivity index (χ3v) is 5.99. The van der Waals surface area contributed by atoms with Gasteiger partial charge in [0.15, 0.2) is 9.84 Å². The molecule has 1 N–H and O–H groups in total. The molecule has 0 aliphatic carbocycles. The lowest BCUT2D eigenvalue weighted by molar-refractivity contribution is -0.118. The summed E-state index contributed by atoms with van der Waals surface area (Å²) in [7, 11) is 1.62. The van der Waals surface area contributed by atoms with Crippen LogP contribution < -0.4 is 10.1 Å². The summed E-state index contributed by atoms with van der Waals surface area (Å²) in [5, 5.41) is 3.14. The molecule has 6 nitrogen and oxygen atoms in total. The molecular weight excluding hydrogens is 388 g/mol. The van der Waals surface area contributed by atoms with E-state index < -0.39 is 21.5 Å². The van der Waals surface area contributed by atoms with Gasteiger partial charge in [-0.15, -0.1) is 0 Å². The number of likely N-dealkylation sites (N-methyl/N-ethyl adjacent to an activating group) is 1. The van der Waals surface area contributed by atoms with E-state index in [0.29, 0.717) is 10.8 Å². The number of hydrogen-bond acceptors (Lipinski definition) is 5. The standard InChI is InChI=1S/C19H23ClN2O4S/c1-22(2)17(16-6-4-5-7-18(16)26-3)12-21-19(23)13-27(24,25)15-10-8-14(20)9-11-15/h4-11,17H,12-13H2,1-3H3,(H,21,23). The van der Waals surface area contributed by atoms with Crippen molar-refractivity contribution >= 4 is 27.3 Å². The quantitative estimate of drug-likeness (QED) is 0.723. The van der Waals surface area contributed by atoms with Gasteiger partial charge < -0.3 is 15.0 Å². The van der Waals surface area contributed by atoms with Gasteiger partial charge in [-0.2, -0.15) is 0 Å². The Morgan fingerprint density at radius 3 is 2.37 bits per heavy atom. The second-order valence-corrected chi connectivity index (χ2v) is 8.66. The SMILES string of the molecule is COc1ccccc1C(CNC(=O)CS(=O)(=O)c1ccc(Cl)cc1)N(C)C. The van der Waals surface area contributed by atoms with Crippen LogP contribution in [0.4, 0.5) is 0 Å². The Bertz CT molecular complexity index is 883. The molecule has 146 valence electrons. The Labute approximate surface area is 165 Å². The Hall–Kier alpha value is -2.09. The van der Waals surface area contributed by atoms with Crippen LogP contribution in [0.1, 0.15) is 11.6 Å². The maximum absolute atomic E-state index is 12.4. The van der Waals surface area contributed by atoms with Gasteiger partial charge in [-0.3, -0.25) is 4.79 Å². The van der Waals surface area contributed by atoms with E-state index in [1.54, 1.807) is 7.11 Å². The van der Waals surface area contributed by atoms with Crippen molar-refractivity contribution in [2.45, 2.75) is 10.9 Å². The van der Waals surface area contributed by atoms with Gasteiger partial charge in [0, 0.05) is 17.1 Å². The van der Waals surface area contributed by atoms with Crippen molar-refractivity contribution < 1.29 is 17.9 Å². The number of rotatable bonds is 8. The molecule has 0 aromatic heterocycles. The van der Waals surface area contributed by atoms with Gasteiger partial charge in [-0.05, 0) is 44.4 Å². The van der Waals surface area contributed by atoms with Gasteiger partial charge in [0.05, 0.1) is 18.0 Å². The van der Waals surface area contributed by atoms with Crippen LogP contribution in [-0.2, 0) is 14.6 Å². The molecule has 1 amide bonds. The van der Waals surface area contributed by atoms with Gasteiger partial charge in [-0.1, -0.05) is 29.8 Å². The zero-order valence-corrected chi connectivity index (χ0v) is 17.0. The lowest BCUT2D eigenvalue weighted by atomic mass is 10.0. The lowest BCUT2D eigenvalue weighted by Crippen LogP contribution is -2.37. The number of nitrogens with one attached hydrogen (secondary N) is 1. The second-order valence-electron chi connectivity index (χ2n) is 6.24. The average molecular weight is 411 g/mol. The van der Waals surface area contributed by atoms with Crippen LogP contribution in [0, 0.1) is 0 Å². The molecule has 0 saturated heterocycles. The number of halogens is 1. The van der Waals surface area contributed by atoms with E-state index in [1.165, 1.54) is 24.3 Å². The molecule has 0 aliphatic rings. The molecule has 0 heterocycles. The Morgan fingerprint density at radius 2 is 1.78 bits per heavy atom. The molecule has 0 radical (unpaired) electrons. The van der Waals surface area contributed by atoms with Crippen LogP contribution in [-0.4, -0.2) is 52.7 Å². The molecule has 0 spiro atoms. The average Bonchev–Trinajstić information content (AvgIpc) is 2.62. The minimum absolute atomic E-state index is 0.0657. The van der Waals surface area contributed by atoms with Crippen molar-refractivity contribution in [3.05, 3.63) is 59.1 Å². The third kappa shape index (κ3) is 5.69. The summed E-state index contributed by atoms with van der Waals surface area (Å²) >= 11 is 5.78. The highest BCUT2D eigenvalue weighted by Gasteiger charge is 2.22. The second kappa shape index (κ2) is 9.21. The zero-order valence-electron chi connectivity index (χ0n) is 15.5. The highest BCUT2D eigenvalue weighted by atomic mass is 35.5. The maximum Gasteiger partial charge on any atom is 0.235 e. The number of ether oxygens (including phenoxy) is 1. The normalized spacial score (nSPS) is 12.6. The first-order valence-electron chi connectivity index (χ1n) is 8.29. The minimum Gasteiger partial charge on any atom is -0.496 e. The Kier molecular flexibility index (Phi) is 7.24. The number of hydrogen-bond donors (Lipinski definition) is 1. The lowest BCUT2D eigenvalue weighted by Gasteiger charge is -2.26. The minimum atomic E-state index is -3.73. The Balaban J connectivity index is 2.07. The van der Waals surface area contributed by atoms with Crippen molar-refractivity contribution in [2.75, 3.05) is 33.5 Å². The molecule has 0 bridgehead atoms. The van der Waals surface area contributed by atoms with Crippen molar-refractivity contribution in [3.8, 4) is 5.75 Å². The van der Waals surface area contributed by atoms with Gasteiger partial charge in [0.1, 0.15) is 11.5 Å². The number of nitrogens with zero attached hydrogens (tertiary/aromatic N) is 1. The van der Waals surface area contributed by atoms with Crippen molar-refractivity contribution in [1.29, 1.82) is 0 Å². The predicted molar refractivity (Wildman–Crippen MR) is 106 cm³/mol. The molecular formula is C19H23ClN2O4S. The van der Waals surface area contributed by atoms with E-state index in [9.17, 15) is 13.2 Å². The third-order valence-electron chi connectivity index (χ3n) is 4.11. The smallest absolute Gasteiger partial charge is 0.235 e. The predicted octanol–water partition coefficient (Wildman–Crippen LogP) is 2.54. The molecule has 1 unspecified atom stereocenters. The van der Waals surface area contributed by atoms with E-state index >= 15 is 0 Å². The summed E-state index contributed by atoms with van der Waals surface area (Å²) in [6.07, 6.45) is 0. The molecule has 2 rings (SSSR count). The number of methoxy groups -OCH3 is 1. The fourth-order valence-corrected chi connectivity index (χ4v) is 3.96. The number of benzene rings is 2. The first-order valence-corrected chi connectivity index (χ1v) is 10.3. The number of para-hydroxylation sites is 1. The highest BCUT2D eigenvalue weighted by molar-refractivity contribution is 7.92. The summed E-state index contributed by atoms with van der Waals surface area (Å²) in [5.74, 6) is -0.480. The van der Waals surface area contributed by atoms with Crippen LogP contribution >= 0.6 is 11.6 Å². The molecule has 8 heteroatoms. The number of carbonyl (C=O) groups is 1. The van der Waals surface area contributed by atoms with E-state index in [-0.39, 0.29) is 17.5 Å². The first kappa shape index (κ1) is 21.2. The summed E-state index contributed by atoms with van der Waals surface area (Å²) < 4.78 is 30.1. The van der Waals surface area contributed by atoms with Gasteiger partial charge in [0.25, 0.3) is 0 Å². The van der Waals surface area contributed by atoms with Crippen LogP contribution in [0.5, 0.6) is 5.75 Å². The fraction of sp³-hybridized carbons (Fsp3) is 0.316. The van der Waals surface area contributed by atoms with Gasteiger partial charge in [0.2, 0.25) is 5.91 Å². The Morgan fingerprint density at radius 1 is 1.15 bits per heavy atom. The molecule has 0 fully saturated rings. The molecule has 0 saturated carbocycles. The summed E-state index contributed by atoms with van der Waals surface area (Å²) in [6, 6.07) is 13.1. The van der Waals surface area contributed by atoms with E-state index in [0.717, 1.165) is 5.56 Å². The largest absolute Gasteiger partial charge is 0.496 e. The van der Waals surface area contributed by atoms with E-state index in [2.05, 4.69) is 5.32 Å². The van der Waals surface area contributed by atoms with E-state index in [4.69, 9.17) is 16.3 Å². The fourth-order valence-electron chi connectivity index (χ4n) is 2.67. The first-order chi connectivity index (χ1) is 12.7. The van der Waals surface area contributed by atoms with E-state index in [1.807, 2.05) is 43.3 Å². The van der Waals surface area contributed by atoms with Crippen molar-refractivity contribution in [2.24, 2.45) is 0 Å². The van der Waals surface area contributed by atoms with Crippen LogP contribution in [0.25, 0.3) is 0 Å². The number of carbonyl (C=O) groups excluding carboxylic acids is 1. The molecule has 1 atom stereocenters. The van der Waals surface area contributed by atoms with Crippen LogP contribution in [0.2, 0.25) is 5.02 Å². The molecule has 2 aromatic carbocycles. The molecule has 0 aliphatic heterocycles. The summed E-state index contributed by atoms with van der Waals surface area (Å²) in [6.45, 7) is 0.252.